The zero-order chi connectivity index (χ0) is 17.3. The van der Waals surface area contributed by atoms with E-state index >= 15 is 0 Å². The van der Waals surface area contributed by atoms with Crippen molar-refractivity contribution in [1.82, 2.24) is 4.90 Å². The van der Waals surface area contributed by atoms with Gasteiger partial charge in [0.05, 0.1) is 11.0 Å². The lowest BCUT2D eigenvalue weighted by Gasteiger charge is -2.50. The highest BCUT2D eigenvalue weighted by Gasteiger charge is 2.57. The normalized spacial score (nSPS) is 24.1. The summed E-state index contributed by atoms with van der Waals surface area (Å²) in [6.45, 7) is 6.10. The predicted octanol–water partition coefficient (Wildman–Crippen LogP) is 2.78. The Kier molecular flexibility index (Phi) is 4.95. The number of rotatable bonds is 2. The summed E-state index contributed by atoms with van der Waals surface area (Å²) < 4.78 is 5.35. The van der Waals surface area contributed by atoms with E-state index in [0.29, 0.717) is 38.8 Å². The molecule has 6 nitrogen and oxygen atoms in total. The zero-order valence-corrected chi connectivity index (χ0v) is 14.4. The molecule has 132 valence electrons. The summed E-state index contributed by atoms with van der Waals surface area (Å²) in [5.41, 5.74) is -2.86. The minimum Gasteiger partial charge on any atom is -0.481 e. The van der Waals surface area contributed by atoms with Gasteiger partial charge in [-0.2, -0.15) is 0 Å². The van der Waals surface area contributed by atoms with Crippen molar-refractivity contribution < 1.29 is 24.5 Å². The maximum absolute atomic E-state index is 12.1. The Hall–Kier alpha value is -1.30. The van der Waals surface area contributed by atoms with Crippen LogP contribution in [0, 0.1) is 5.41 Å². The summed E-state index contributed by atoms with van der Waals surface area (Å²) in [5, 5.41) is 20.9. The van der Waals surface area contributed by atoms with Gasteiger partial charge in [0.15, 0.2) is 0 Å². The topological polar surface area (TPSA) is 87.1 Å². The van der Waals surface area contributed by atoms with Gasteiger partial charge in [0.1, 0.15) is 5.60 Å². The number of hydrogen-bond donors (Lipinski definition) is 2. The Bertz CT molecular complexity index is 454. The average Bonchev–Trinajstić information content (AvgIpc) is 2.46. The first-order valence-electron chi connectivity index (χ1n) is 8.53. The van der Waals surface area contributed by atoms with E-state index in [2.05, 4.69) is 0 Å². The SMILES string of the molecule is CC(C)(C)OC(=O)N1CCC(O)(C2(C(=O)O)CCCCC2)CC1. The fourth-order valence-corrected chi connectivity index (χ4v) is 3.90. The van der Waals surface area contributed by atoms with Crippen LogP contribution in [0.3, 0.4) is 0 Å². The highest BCUT2D eigenvalue weighted by atomic mass is 16.6. The fourth-order valence-electron chi connectivity index (χ4n) is 3.90. The van der Waals surface area contributed by atoms with Crippen LogP contribution in [-0.4, -0.2) is 51.5 Å². The van der Waals surface area contributed by atoms with Gasteiger partial charge in [-0.25, -0.2) is 4.79 Å². The van der Waals surface area contributed by atoms with E-state index in [9.17, 15) is 19.8 Å². The lowest BCUT2D eigenvalue weighted by Crippen LogP contribution is -2.59. The first-order chi connectivity index (χ1) is 10.6. The summed E-state index contributed by atoms with van der Waals surface area (Å²) >= 11 is 0. The smallest absolute Gasteiger partial charge is 0.410 e. The molecule has 2 aliphatic rings. The molecule has 0 aromatic heterocycles. The van der Waals surface area contributed by atoms with Crippen LogP contribution in [0.1, 0.15) is 65.7 Å². The number of aliphatic carboxylic acids is 1. The van der Waals surface area contributed by atoms with Gasteiger partial charge in [0, 0.05) is 13.1 Å². The molecule has 0 bridgehead atoms. The maximum Gasteiger partial charge on any atom is 0.410 e. The number of likely N-dealkylation sites (tertiary alicyclic amines) is 1. The zero-order valence-electron chi connectivity index (χ0n) is 14.4. The van der Waals surface area contributed by atoms with E-state index in [1.807, 2.05) is 20.8 Å². The average molecular weight is 327 g/mol. The monoisotopic (exact) mass is 327 g/mol. The largest absolute Gasteiger partial charge is 0.481 e. The molecule has 2 N–H and O–H groups in total. The highest BCUT2D eigenvalue weighted by molar-refractivity contribution is 5.77. The van der Waals surface area contributed by atoms with Gasteiger partial charge in [-0.05, 0) is 46.5 Å². The third-order valence-corrected chi connectivity index (χ3v) is 5.25. The number of carboxylic acid groups (broad SMARTS) is 1. The number of amides is 1. The number of carbonyl (C=O) groups is 2. The van der Waals surface area contributed by atoms with Crippen molar-refractivity contribution in [2.45, 2.75) is 76.9 Å². The van der Waals surface area contributed by atoms with Crippen molar-refractivity contribution in [1.29, 1.82) is 0 Å². The second kappa shape index (κ2) is 6.30. The van der Waals surface area contributed by atoms with Crippen molar-refractivity contribution in [3.63, 3.8) is 0 Å². The lowest BCUT2D eigenvalue weighted by molar-refractivity contribution is -0.183. The predicted molar refractivity (Wildman–Crippen MR) is 85.1 cm³/mol. The summed E-state index contributed by atoms with van der Waals surface area (Å²) in [6, 6.07) is 0. The fraction of sp³-hybridized carbons (Fsp3) is 0.882. The molecule has 6 heteroatoms. The van der Waals surface area contributed by atoms with Crippen LogP contribution in [-0.2, 0) is 9.53 Å². The Morgan fingerprint density at radius 2 is 1.52 bits per heavy atom. The molecule has 1 saturated heterocycles. The van der Waals surface area contributed by atoms with E-state index in [1.165, 1.54) is 0 Å². The summed E-state index contributed by atoms with van der Waals surface area (Å²) in [5.74, 6) is -0.898. The van der Waals surface area contributed by atoms with Crippen LogP contribution in [0.2, 0.25) is 0 Å². The minimum absolute atomic E-state index is 0.290. The van der Waals surface area contributed by atoms with Crippen molar-refractivity contribution in [3.8, 4) is 0 Å². The standard InChI is InChI=1S/C17H29NO5/c1-15(2,3)23-14(21)18-11-9-17(22,10-12-18)16(13(19)20)7-5-4-6-8-16/h22H,4-12H2,1-3H3,(H,19,20). The molecule has 0 atom stereocenters. The molecular weight excluding hydrogens is 298 g/mol. The Balaban J connectivity index is 2.06. The second-order valence-electron chi connectivity index (χ2n) is 7.95. The van der Waals surface area contributed by atoms with Crippen LogP contribution in [0.25, 0.3) is 0 Å². The minimum atomic E-state index is -1.24. The quantitative estimate of drug-likeness (QED) is 0.814. The van der Waals surface area contributed by atoms with Crippen molar-refractivity contribution >= 4 is 12.1 Å². The molecule has 2 fully saturated rings. The van der Waals surface area contributed by atoms with Gasteiger partial charge in [0.25, 0.3) is 0 Å². The van der Waals surface area contributed by atoms with Gasteiger partial charge in [-0.1, -0.05) is 19.3 Å². The number of nitrogens with zero attached hydrogens (tertiary/aromatic N) is 1. The van der Waals surface area contributed by atoms with E-state index in [0.717, 1.165) is 19.3 Å². The molecule has 1 amide bonds. The molecule has 1 aliphatic heterocycles. The Labute approximate surface area is 137 Å². The molecule has 1 saturated carbocycles. The van der Waals surface area contributed by atoms with E-state index in [1.54, 1.807) is 4.90 Å². The Morgan fingerprint density at radius 3 is 1.96 bits per heavy atom. The van der Waals surface area contributed by atoms with Crippen molar-refractivity contribution in [3.05, 3.63) is 0 Å². The molecule has 0 unspecified atom stereocenters. The lowest BCUT2D eigenvalue weighted by atomic mass is 9.60. The third kappa shape index (κ3) is 3.62. The van der Waals surface area contributed by atoms with E-state index < -0.39 is 28.7 Å². The summed E-state index contributed by atoms with van der Waals surface area (Å²) in [6.07, 6.45) is 3.92. The van der Waals surface area contributed by atoms with Crippen LogP contribution in [0.4, 0.5) is 4.79 Å². The van der Waals surface area contributed by atoms with Gasteiger partial charge in [-0.15, -0.1) is 0 Å². The first-order valence-corrected chi connectivity index (χ1v) is 8.53. The number of piperidine rings is 1. The molecule has 2 rings (SSSR count). The summed E-state index contributed by atoms with van der Waals surface area (Å²) in [7, 11) is 0. The van der Waals surface area contributed by atoms with E-state index in [-0.39, 0.29) is 0 Å². The second-order valence-corrected chi connectivity index (χ2v) is 7.95. The molecular formula is C17H29NO5. The van der Waals surface area contributed by atoms with Crippen LogP contribution < -0.4 is 0 Å². The van der Waals surface area contributed by atoms with Gasteiger partial charge < -0.3 is 19.8 Å². The van der Waals surface area contributed by atoms with Gasteiger partial charge in [-0.3, -0.25) is 4.79 Å². The number of aliphatic hydroxyl groups is 1. The number of carbonyl (C=O) groups excluding carboxylic acids is 1. The first kappa shape index (κ1) is 18.0. The molecule has 0 aromatic carbocycles. The molecule has 1 heterocycles. The Morgan fingerprint density at radius 1 is 1.00 bits per heavy atom. The van der Waals surface area contributed by atoms with Gasteiger partial charge >= 0.3 is 12.1 Å². The van der Waals surface area contributed by atoms with E-state index in [4.69, 9.17) is 4.74 Å². The van der Waals surface area contributed by atoms with Gasteiger partial charge in [0.2, 0.25) is 0 Å². The number of carboxylic acids is 1. The molecule has 0 aromatic rings. The molecule has 0 spiro atoms. The van der Waals surface area contributed by atoms with Crippen LogP contribution >= 0.6 is 0 Å². The summed E-state index contributed by atoms with van der Waals surface area (Å²) in [4.78, 5) is 25.6. The molecule has 23 heavy (non-hydrogen) atoms. The van der Waals surface area contributed by atoms with Crippen LogP contribution in [0.5, 0.6) is 0 Å². The highest BCUT2D eigenvalue weighted by Crippen LogP contribution is 2.49. The maximum atomic E-state index is 12.1. The molecule has 0 radical (unpaired) electrons. The van der Waals surface area contributed by atoms with Crippen molar-refractivity contribution in [2.24, 2.45) is 5.41 Å². The molecule has 1 aliphatic carbocycles. The number of hydrogen-bond acceptors (Lipinski definition) is 4. The van der Waals surface area contributed by atoms with Crippen molar-refractivity contribution in [2.75, 3.05) is 13.1 Å². The van der Waals surface area contributed by atoms with Crippen LogP contribution in [0.15, 0.2) is 0 Å². The third-order valence-electron chi connectivity index (χ3n) is 5.25. The number of ether oxygens (including phenoxy) is 1.